The van der Waals surface area contributed by atoms with Crippen LogP contribution >= 0.6 is 0 Å². The van der Waals surface area contributed by atoms with Gasteiger partial charge in [0.2, 0.25) is 0 Å². The molecule has 0 amide bonds. The summed E-state index contributed by atoms with van der Waals surface area (Å²) in [5.41, 5.74) is 1.17. The van der Waals surface area contributed by atoms with E-state index in [9.17, 15) is 9.59 Å². The van der Waals surface area contributed by atoms with E-state index in [2.05, 4.69) is 19.7 Å². The van der Waals surface area contributed by atoms with Crippen molar-refractivity contribution in [1.29, 1.82) is 0 Å². The lowest BCUT2D eigenvalue weighted by atomic mass is 9.99. The molecule has 0 fully saturated rings. The number of ether oxygens (including phenoxy) is 6. The van der Waals surface area contributed by atoms with Crippen LogP contribution in [-0.2, 0) is 23.8 Å². The van der Waals surface area contributed by atoms with Crippen molar-refractivity contribution in [2.24, 2.45) is 0 Å². The van der Waals surface area contributed by atoms with Gasteiger partial charge in [0, 0.05) is 21.3 Å². The molecule has 9 heteroatoms. The van der Waals surface area contributed by atoms with Crippen LogP contribution in [0.25, 0.3) is 16.7 Å². The van der Waals surface area contributed by atoms with Gasteiger partial charge in [-0.15, -0.1) is 0 Å². The maximum absolute atomic E-state index is 15.3. The fourth-order valence-corrected chi connectivity index (χ4v) is 3.16. The number of carbonyl (C=O) groups excluding carboxylic acids is 2. The minimum atomic E-state index is -0.791. The van der Waals surface area contributed by atoms with Crippen LogP contribution in [0, 0.1) is 5.82 Å². The second-order valence-electron chi connectivity index (χ2n) is 7.59. The first kappa shape index (κ1) is 28.4. The van der Waals surface area contributed by atoms with Gasteiger partial charge < -0.3 is 28.4 Å². The van der Waals surface area contributed by atoms with E-state index in [1.165, 1.54) is 46.6 Å². The summed E-state index contributed by atoms with van der Waals surface area (Å²) in [6.45, 7) is 11.0. The van der Waals surface area contributed by atoms with E-state index < -0.39 is 17.8 Å². The minimum Gasteiger partial charge on any atom is -0.493 e. The highest BCUT2D eigenvalue weighted by Crippen LogP contribution is 2.38. The number of methoxy groups -OCH3 is 4. The Kier molecular flexibility index (Phi) is 10.5. The SMILES string of the molecule is C=C(COC)C(=O)Oc1cc(-c2cc(F)c(C(=C)COC)c(OC(=O)C(=C)COC)c2)ccc1OC. The monoisotopic (exact) mass is 500 g/mol. The molecule has 0 aliphatic carbocycles. The number of rotatable bonds is 13. The van der Waals surface area contributed by atoms with E-state index in [0.29, 0.717) is 11.1 Å². The normalized spacial score (nSPS) is 10.5. The van der Waals surface area contributed by atoms with Crippen molar-refractivity contribution < 1.29 is 42.4 Å². The zero-order valence-electron chi connectivity index (χ0n) is 20.8. The second-order valence-corrected chi connectivity index (χ2v) is 7.59. The Bertz CT molecular complexity index is 1170. The van der Waals surface area contributed by atoms with Crippen molar-refractivity contribution in [1.82, 2.24) is 0 Å². The lowest BCUT2D eigenvalue weighted by Gasteiger charge is -2.16. The molecule has 0 bridgehead atoms. The summed E-state index contributed by atoms with van der Waals surface area (Å²) in [6.07, 6.45) is 0. The minimum absolute atomic E-state index is 0.00777. The zero-order chi connectivity index (χ0) is 26.8. The molecule has 0 saturated carbocycles. The Hall–Kier alpha value is -3.79. The van der Waals surface area contributed by atoms with Gasteiger partial charge in [-0.25, -0.2) is 14.0 Å². The maximum atomic E-state index is 15.3. The van der Waals surface area contributed by atoms with E-state index in [4.69, 9.17) is 28.4 Å². The van der Waals surface area contributed by atoms with Crippen LogP contribution in [0.2, 0.25) is 0 Å². The van der Waals surface area contributed by atoms with Crippen LogP contribution in [0.5, 0.6) is 17.2 Å². The van der Waals surface area contributed by atoms with Crippen molar-refractivity contribution >= 4 is 17.5 Å². The van der Waals surface area contributed by atoms with Crippen LogP contribution in [0.15, 0.2) is 61.2 Å². The molecular weight excluding hydrogens is 471 g/mol. The maximum Gasteiger partial charge on any atom is 0.341 e. The van der Waals surface area contributed by atoms with Crippen LogP contribution in [0.4, 0.5) is 4.39 Å². The van der Waals surface area contributed by atoms with Gasteiger partial charge in [-0.05, 0) is 41.0 Å². The Labute approximate surface area is 209 Å². The molecule has 0 heterocycles. The Morgan fingerprint density at radius 2 is 1.25 bits per heavy atom. The molecule has 0 unspecified atom stereocenters. The molecule has 0 aromatic heterocycles. The summed E-state index contributed by atoms with van der Waals surface area (Å²) in [5, 5.41) is 0. The Morgan fingerprint density at radius 3 is 1.78 bits per heavy atom. The quantitative estimate of drug-likeness (QED) is 0.228. The lowest BCUT2D eigenvalue weighted by Crippen LogP contribution is -2.15. The largest absolute Gasteiger partial charge is 0.493 e. The molecule has 0 atom stereocenters. The van der Waals surface area contributed by atoms with E-state index >= 15 is 4.39 Å². The van der Waals surface area contributed by atoms with Gasteiger partial charge in [0.15, 0.2) is 11.5 Å². The zero-order valence-corrected chi connectivity index (χ0v) is 20.8. The molecule has 192 valence electrons. The van der Waals surface area contributed by atoms with Crippen LogP contribution in [0.1, 0.15) is 5.56 Å². The van der Waals surface area contributed by atoms with Crippen molar-refractivity contribution in [3.63, 3.8) is 0 Å². The summed E-state index contributed by atoms with van der Waals surface area (Å²) in [7, 11) is 5.68. The average molecular weight is 501 g/mol. The molecule has 2 aromatic carbocycles. The molecule has 2 aromatic rings. The standard InChI is InChI=1S/C27H29FO8/c1-16(13-31-4)25-21(28)10-20(12-24(25)36-27(30)18(3)15-33-6)19-8-9-22(34-7)23(11-19)35-26(29)17(2)14-32-5/h8-12H,1-3,13-15H2,4-7H3. The summed E-state index contributed by atoms with van der Waals surface area (Å²) >= 11 is 0. The number of hydrogen-bond donors (Lipinski definition) is 0. The third-order valence-corrected chi connectivity index (χ3v) is 4.84. The van der Waals surface area contributed by atoms with Crippen molar-refractivity contribution in [3.8, 4) is 28.4 Å². The molecule has 0 aliphatic heterocycles. The van der Waals surface area contributed by atoms with Gasteiger partial charge in [-0.2, -0.15) is 0 Å². The van der Waals surface area contributed by atoms with Gasteiger partial charge in [0.05, 0.1) is 43.6 Å². The lowest BCUT2D eigenvalue weighted by molar-refractivity contribution is -0.131. The molecule has 36 heavy (non-hydrogen) atoms. The third-order valence-electron chi connectivity index (χ3n) is 4.84. The number of benzene rings is 2. The van der Waals surface area contributed by atoms with E-state index in [1.54, 1.807) is 12.1 Å². The van der Waals surface area contributed by atoms with E-state index in [0.717, 1.165) is 0 Å². The number of carbonyl (C=O) groups is 2. The second kappa shape index (κ2) is 13.3. The fraction of sp³-hybridized carbons (Fsp3) is 0.259. The predicted octanol–water partition coefficient (Wildman–Crippen LogP) is 4.38. The first-order valence-corrected chi connectivity index (χ1v) is 10.6. The molecule has 0 aliphatic rings. The summed E-state index contributed by atoms with van der Waals surface area (Å²) in [6, 6.07) is 7.39. The van der Waals surface area contributed by atoms with Crippen molar-refractivity contribution in [2.75, 3.05) is 48.3 Å². The molecular formula is C27H29FO8. The van der Waals surface area contributed by atoms with Gasteiger partial charge in [0.1, 0.15) is 11.6 Å². The van der Waals surface area contributed by atoms with Gasteiger partial charge in [-0.3, -0.25) is 0 Å². The molecule has 0 radical (unpaired) electrons. The van der Waals surface area contributed by atoms with Gasteiger partial charge in [0.25, 0.3) is 0 Å². The van der Waals surface area contributed by atoms with E-state index in [-0.39, 0.29) is 59.4 Å². The predicted molar refractivity (Wildman–Crippen MR) is 133 cm³/mol. The number of esters is 2. The summed E-state index contributed by atoms with van der Waals surface area (Å²) < 4.78 is 46.4. The summed E-state index contributed by atoms with van der Waals surface area (Å²) in [4.78, 5) is 24.8. The van der Waals surface area contributed by atoms with E-state index in [1.807, 2.05) is 0 Å². The average Bonchev–Trinajstić information content (AvgIpc) is 2.84. The van der Waals surface area contributed by atoms with Crippen molar-refractivity contribution in [3.05, 3.63) is 72.6 Å². The molecule has 0 spiro atoms. The van der Waals surface area contributed by atoms with Crippen molar-refractivity contribution in [2.45, 2.75) is 0 Å². The molecule has 0 N–H and O–H groups in total. The summed E-state index contributed by atoms with van der Waals surface area (Å²) in [5.74, 6) is -1.94. The molecule has 8 nitrogen and oxygen atoms in total. The molecule has 0 saturated heterocycles. The fourth-order valence-electron chi connectivity index (χ4n) is 3.16. The Morgan fingerprint density at radius 1 is 0.722 bits per heavy atom. The highest BCUT2D eigenvalue weighted by molar-refractivity contribution is 5.92. The highest BCUT2D eigenvalue weighted by Gasteiger charge is 2.21. The molecule has 2 rings (SSSR count). The smallest absolute Gasteiger partial charge is 0.341 e. The van der Waals surface area contributed by atoms with Gasteiger partial charge >= 0.3 is 11.9 Å². The van der Waals surface area contributed by atoms with Gasteiger partial charge in [-0.1, -0.05) is 25.8 Å². The number of hydrogen-bond acceptors (Lipinski definition) is 8. The Balaban J connectivity index is 2.56. The van der Waals surface area contributed by atoms with Crippen LogP contribution < -0.4 is 14.2 Å². The third kappa shape index (κ3) is 7.11. The first-order valence-electron chi connectivity index (χ1n) is 10.6. The van der Waals surface area contributed by atoms with Crippen LogP contribution in [0.3, 0.4) is 0 Å². The topological polar surface area (TPSA) is 89.5 Å². The first-order chi connectivity index (χ1) is 17.2. The number of halogens is 1. The van der Waals surface area contributed by atoms with Crippen LogP contribution in [-0.4, -0.2) is 60.2 Å². The highest BCUT2D eigenvalue weighted by atomic mass is 19.1.